The molecule has 0 amide bonds. The number of ketones is 1. The average Bonchev–Trinajstić information content (AvgIpc) is 3.10. The molecule has 1 N–H and O–H groups in total. The number of anilines is 1. The smallest absolute Gasteiger partial charge is 0.205 e. The van der Waals surface area contributed by atoms with Gasteiger partial charge in [0.05, 0.1) is 5.41 Å². The fraction of sp³-hybridized carbons (Fsp3) is 0.381. The van der Waals surface area contributed by atoms with Crippen LogP contribution in [-0.4, -0.2) is 23.5 Å². The Labute approximate surface area is 142 Å². The van der Waals surface area contributed by atoms with Crippen molar-refractivity contribution < 1.29 is 9.90 Å². The Hall–Kier alpha value is -2.29. The fourth-order valence-corrected chi connectivity index (χ4v) is 5.48. The van der Waals surface area contributed by atoms with Crippen LogP contribution < -0.4 is 4.90 Å². The topological polar surface area (TPSA) is 40.5 Å². The van der Waals surface area contributed by atoms with Crippen molar-refractivity contribution in [2.75, 3.05) is 11.4 Å². The van der Waals surface area contributed by atoms with Crippen molar-refractivity contribution in [3.63, 3.8) is 0 Å². The molecule has 0 aromatic heterocycles. The lowest BCUT2D eigenvalue weighted by atomic mass is 9.54. The second-order valence-corrected chi connectivity index (χ2v) is 7.45. The highest BCUT2D eigenvalue weighted by atomic mass is 16.3. The standard InChI is InChI=1S/C21H21NO2/c23-18-12-14-6-1-3-8-16(14)21(20(18)24)13-15-7-2-4-9-17(15)22-11-5-10-19(21)22/h1-4,6-9,12,14,16,19,23H,5,10-11,13H2/t14?,16?,19-,21-/m0/s1. The van der Waals surface area contributed by atoms with E-state index >= 15 is 0 Å². The minimum Gasteiger partial charge on any atom is -0.505 e. The van der Waals surface area contributed by atoms with Crippen LogP contribution >= 0.6 is 0 Å². The predicted octanol–water partition coefficient (Wildman–Crippen LogP) is 3.58. The van der Waals surface area contributed by atoms with Crippen molar-refractivity contribution in [2.24, 2.45) is 17.3 Å². The van der Waals surface area contributed by atoms with Gasteiger partial charge in [-0.05, 0) is 37.0 Å². The third kappa shape index (κ3) is 1.65. The summed E-state index contributed by atoms with van der Waals surface area (Å²) < 4.78 is 0. The first-order chi connectivity index (χ1) is 11.7. The van der Waals surface area contributed by atoms with E-state index in [0.29, 0.717) is 0 Å². The zero-order valence-corrected chi connectivity index (χ0v) is 13.6. The maximum absolute atomic E-state index is 13.3. The van der Waals surface area contributed by atoms with E-state index in [9.17, 15) is 9.90 Å². The van der Waals surface area contributed by atoms with Crippen LogP contribution in [-0.2, 0) is 11.2 Å². The molecular formula is C21H21NO2. The molecule has 0 bridgehead atoms. The minimum absolute atomic E-state index is 0.0394. The number of carbonyl (C=O) groups excluding carboxylic acids is 1. The Morgan fingerprint density at radius 2 is 2.00 bits per heavy atom. The van der Waals surface area contributed by atoms with Gasteiger partial charge in [-0.25, -0.2) is 0 Å². The fourth-order valence-electron chi connectivity index (χ4n) is 5.48. The van der Waals surface area contributed by atoms with Crippen molar-refractivity contribution in [3.8, 4) is 0 Å². The third-order valence-electron chi connectivity index (χ3n) is 6.41. The Balaban J connectivity index is 1.74. The minimum atomic E-state index is -0.546. The van der Waals surface area contributed by atoms with Gasteiger partial charge in [0.2, 0.25) is 5.78 Å². The summed E-state index contributed by atoms with van der Waals surface area (Å²) in [4.78, 5) is 15.7. The Kier molecular flexibility index (Phi) is 2.85. The molecule has 5 rings (SSSR count). The molecule has 122 valence electrons. The van der Waals surface area contributed by atoms with Gasteiger partial charge in [-0.15, -0.1) is 0 Å². The van der Waals surface area contributed by atoms with Gasteiger partial charge in [0.15, 0.2) is 5.76 Å². The second kappa shape index (κ2) is 4.85. The molecule has 2 aliphatic carbocycles. The van der Waals surface area contributed by atoms with Gasteiger partial charge < -0.3 is 10.0 Å². The zero-order valence-electron chi connectivity index (χ0n) is 13.6. The number of para-hydroxylation sites is 1. The van der Waals surface area contributed by atoms with E-state index in [1.807, 2.05) is 6.08 Å². The summed E-state index contributed by atoms with van der Waals surface area (Å²) in [5.74, 6) is 0.141. The molecule has 2 heterocycles. The molecule has 3 heteroatoms. The molecule has 2 unspecified atom stereocenters. The molecule has 0 saturated carbocycles. The van der Waals surface area contributed by atoms with Crippen LogP contribution in [0.4, 0.5) is 5.69 Å². The Morgan fingerprint density at radius 3 is 2.92 bits per heavy atom. The lowest BCUT2D eigenvalue weighted by Gasteiger charge is -2.53. The van der Waals surface area contributed by atoms with E-state index in [1.54, 1.807) is 6.08 Å². The monoisotopic (exact) mass is 319 g/mol. The van der Waals surface area contributed by atoms with Crippen molar-refractivity contribution in [2.45, 2.75) is 25.3 Å². The van der Waals surface area contributed by atoms with Crippen molar-refractivity contribution >= 4 is 11.5 Å². The van der Waals surface area contributed by atoms with Gasteiger partial charge in [-0.2, -0.15) is 0 Å². The van der Waals surface area contributed by atoms with Crippen LogP contribution in [0.2, 0.25) is 0 Å². The summed E-state index contributed by atoms with van der Waals surface area (Å²) in [6.07, 6.45) is 13.0. The summed E-state index contributed by atoms with van der Waals surface area (Å²) in [6, 6.07) is 8.64. The molecule has 1 fully saturated rings. The summed E-state index contributed by atoms with van der Waals surface area (Å²) in [6.45, 7) is 0.998. The summed E-state index contributed by atoms with van der Waals surface area (Å²) in [5.41, 5.74) is 1.97. The molecule has 1 saturated heterocycles. The number of hydrogen-bond donors (Lipinski definition) is 1. The molecule has 24 heavy (non-hydrogen) atoms. The number of Topliss-reactive ketones (excluding diaryl/α,β-unsaturated/α-hetero) is 1. The van der Waals surface area contributed by atoms with Gasteiger partial charge in [0.25, 0.3) is 0 Å². The highest BCUT2D eigenvalue weighted by Crippen LogP contribution is 2.55. The first-order valence-electron chi connectivity index (χ1n) is 8.87. The van der Waals surface area contributed by atoms with Gasteiger partial charge in [-0.3, -0.25) is 4.79 Å². The number of aliphatic hydroxyl groups is 1. The summed E-state index contributed by atoms with van der Waals surface area (Å²) >= 11 is 0. The van der Waals surface area contributed by atoms with Gasteiger partial charge in [-0.1, -0.05) is 42.5 Å². The van der Waals surface area contributed by atoms with Crippen LogP contribution in [0.1, 0.15) is 18.4 Å². The number of nitrogens with zero attached hydrogens (tertiary/aromatic N) is 1. The molecule has 3 nitrogen and oxygen atoms in total. The van der Waals surface area contributed by atoms with Crippen LogP contribution in [0.3, 0.4) is 0 Å². The Bertz CT molecular complexity index is 806. The number of allylic oxidation sites excluding steroid dienone is 6. The van der Waals surface area contributed by atoms with Crippen molar-refractivity contribution in [1.82, 2.24) is 0 Å². The van der Waals surface area contributed by atoms with E-state index < -0.39 is 5.41 Å². The van der Waals surface area contributed by atoms with E-state index in [2.05, 4.69) is 47.4 Å². The van der Waals surface area contributed by atoms with Gasteiger partial charge in [0.1, 0.15) is 0 Å². The second-order valence-electron chi connectivity index (χ2n) is 7.45. The van der Waals surface area contributed by atoms with Crippen molar-refractivity contribution in [1.29, 1.82) is 0 Å². The first-order valence-corrected chi connectivity index (χ1v) is 8.87. The zero-order chi connectivity index (χ0) is 16.3. The lowest BCUT2D eigenvalue weighted by Crippen LogP contribution is -2.60. The number of hydrogen-bond acceptors (Lipinski definition) is 3. The SMILES string of the molecule is O=C1C(O)=CC2C=CC=CC2[C@]12Cc1ccccc1N1CCC[C@H]12. The average molecular weight is 319 g/mol. The molecule has 0 radical (unpaired) electrons. The van der Waals surface area contributed by atoms with Crippen LogP contribution in [0.5, 0.6) is 0 Å². The highest BCUT2D eigenvalue weighted by Gasteiger charge is 2.60. The Morgan fingerprint density at radius 1 is 1.17 bits per heavy atom. The highest BCUT2D eigenvalue weighted by molar-refractivity contribution is 6.01. The number of fused-ring (bicyclic) bond motifs is 6. The number of aliphatic hydroxyl groups excluding tert-OH is 1. The number of carbonyl (C=O) groups is 1. The van der Waals surface area contributed by atoms with Crippen LogP contribution in [0, 0.1) is 17.3 Å². The molecule has 1 spiro atoms. The number of benzene rings is 1. The largest absolute Gasteiger partial charge is 0.505 e. The molecule has 2 aliphatic heterocycles. The van der Waals surface area contributed by atoms with E-state index in [0.717, 1.165) is 25.8 Å². The molecule has 1 aromatic carbocycles. The third-order valence-corrected chi connectivity index (χ3v) is 6.41. The van der Waals surface area contributed by atoms with Gasteiger partial charge in [0, 0.05) is 30.1 Å². The summed E-state index contributed by atoms with van der Waals surface area (Å²) in [7, 11) is 0. The van der Waals surface area contributed by atoms with E-state index in [4.69, 9.17) is 0 Å². The quantitative estimate of drug-likeness (QED) is 0.794. The van der Waals surface area contributed by atoms with Gasteiger partial charge >= 0.3 is 0 Å². The molecule has 4 aliphatic rings. The maximum Gasteiger partial charge on any atom is 0.205 e. The van der Waals surface area contributed by atoms with Crippen LogP contribution in [0.25, 0.3) is 0 Å². The van der Waals surface area contributed by atoms with Crippen LogP contribution in [0.15, 0.2) is 60.4 Å². The van der Waals surface area contributed by atoms with E-state index in [-0.39, 0.29) is 29.4 Å². The normalized spacial score (nSPS) is 36.3. The summed E-state index contributed by atoms with van der Waals surface area (Å²) in [5, 5.41) is 10.4. The molecular weight excluding hydrogens is 298 g/mol. The first kappa shape index (κ1) is 14.1. The van der Waals surface area contributed by atoms with Crippen molar-refractivity contribution in [3.05, 3.63) is 66.0 Å². The predicted molar refractivity (Wildman–Crippen MR) is 93.9 cm³/mol. The molecule has 1 aromatic rings. The van der Waals surface area contributed by atoms with E-state index in [1.165, 1.54) is 11.3 Å². The number of rotatable bonds is 0. The molecule has 4 atom stereocenters. The maximum atomic E-state index is 13.3. The lowest BCUT2D eigenvalue weighted by molar-refractivity contribution is -0.133.